The molecule has 1 aromatic rings. The molecule has 0 spiro atoms. The molecular weight excluding hydrogens is 350 g/mol. The highest BCUT2D eigenvalue weighted by atomic mass is 16.5. The molecule has 0 aromatic heterocycles. The van der Waals surface area contributed by atoms with Crippen LogP contribution in [0.4, 0.5) is 0 Å². The number of unbranched alkanes of at least 4 members (excludes halogenated alkanes) is 3. The van der Waals surface area contributed by atoms with E-state index in [0.29, 0.717) is 0 Å². The number of hydrogen-bond donors (Lipinski definition) is 2. The van der Waals surface area contributed by atoms with Crippen molar-refractivity contribution in [1.82, 2.24) is 0 Å². The molecule has 0 saturated heterocycles. The molecule has 1 unspecified atom stereocenters. The summed E-state index contributed by atoms with van der Waals surface area (Å²) in [6.07, 6.45) is 8.68. The molecule has 0 aliphatic rings. The Labute approximate surface area is 172 Å². The number of aliphatic hydroxyl groups excluding tert-OH is 1. The van der Waals surface area contributed by atoms with Crippen molar-refractivity contribution in [2.24, 2.45) is 17.6 Å². The predicted octanol–water partition coefficient (Wildman–Crippen LogP) is 5.35. The lowest BCUT2D eigenvalue weighted by molar-refractivity contribution is 0.136. The molecular formula is C24H43NO3. The number of methoxy groups -OCH3 is 1. The Bertz CT molecular complexity index is 547. The van der Waals surface area contributed by atoms with Gasteiger partial charge in [-0.2, -0.15) is 0 Å². The summed E-state index contributed by atoms with van der Waals surface area (Å²) >= 11 is 0. The second-order valence-corrected chi connectivity index (χ2v) is 8.62. The zero-order valence-corrected chi connectivity index (χ0v) is 18.8. The maximum absolute atomic E-state index is 9.76. The molecule has 1 rings (SSSR count). The SMILES string of the molecule is CCC(C)[C@](N)(CO)CCc1ccc(OCCCCCCC(C)C)cc1OC. The highest BCUT2D eigenvalue weighted by molar-refractivity contribution is 5.41. The number of ether oxygens (including phenoxy) is 2. The average Bonchev–Trinajstić information content (AvgIpc) is 2.70. The summed E-state index contributed by atoms with van der Waals surface area (Å²) in [5.74, 6) is 2.76. The van der Waals surface area contributed by atoms with Gasteiger partial charge < -0.3 is 20.3 Å². The Kier molecular flexibility index (Phi) is 11.6. The lowest BCUT2D eigenvalue weighted by Crippen LogP contribution is -2.49. The number of aryl methyl sites for hydroxylation is 1. The molecule has 162 valence electrons. The summed E-state index contributed by atoms with van der Waals surface area (Å²) in [4.78, 5) is 0. The van der Waals surface area contributed by atoms with Gasteiger partial charge in [0, 0.05) is 11.6 Å². The van der Waals surface area contributed by atoms with Crippen molar-refractivity contribution in [2.45, 2.75) is 84.6 Å². The van der Waals surface area contributed by atoms with E-state index in [2.05, 4.69) is 33.8 Å². The van der Waals surface area contributed by atoms with Crippen molar-refractivity contribution in [2.75, 3.05) is 20.3 Å². The van der Waals surface area contributed by atoms with Crippen LogP contribution in [0, 0.1) is 11.8 Å². The lowest BCUT2D eigenvalue weighted by Gasteiger charge is -2.33. The minimum atomic E-state index is -0.551. The fourth-order valence-electron chi connectivity index (χ4n) is 3.47. The van der Waals surface area contributed by atoms with Gasteiger partial charge in [-0.05, 0) is 42.7 Å². The van der Waals surface area contributed by atoms with Crippen LogP contribution < -0.4 is 15.2 Å². The van der Waals surface area contributed by atoms with E-state index in [1.165, 1.54) is 25.7 Å². The van der Waals surface area contributed by atoms with Crippen molar-refractivity contribution in [3.8, 4) is 11.5 Å². The van der Waals surface area contributed by atoms with Crippen LogP contribution in [0.25, 0.3) is 0 Å². The number of hydrogen-bond acceptors (Lipinski definition) is 4. The molecule has 4 heteroatoms. The van der Waals surface area contributed by atoms with E-state index in [0.717, 1.165) is 55.3 Å². The van der Waals surface area contributed by atoms with Crippen LogP contribution >= 0.6 is 0 Å². The van der Waals surface area contributed by atoms with Gasteiger partial charge >= 0.3 is 0 Å². The van der Waals surface area contributed by atoms with Gasteiger partial charge in [-0.1, -0.05) is 65.9 Å². The summed E-state index contributed by atoms with van der Waals surface area (Å²) in [5, 5.41) is 9.76. The molecule has 1 aromatic carbocycles. The smallest absolute Gasteiger partial charge is 0.125 e. The van der Waals surface area contributed by atoms with Gasteiger partial charge in [0.2, 0.25) is 0 Å². The maximum Gasteiger partial charge on any atom is 0.125 e. The zero-order valence-electron chi connectivity index (χ0n) is 18.8. The van der Waals surface area contributed by atoms with Crippen molar-refractivity contribution in [3.05, 3.63) is 23.8 Å². The van der Waals surface area contributed by atoms with Gasteiger partial charge in [-0.3, -0.25) is 0 Å². The van der Waals surface area contributed by atoms with Gasteiger partial charge in [0.25, 0.3) is 0 Å². The van der Waals surface area contributed by atoms with Crippen molar-refractivity contribution in [3.63, 3.8) is 0 Å². The Morgan fingerprint density at radius 2 is 1.82 bits per heavy atom. The van der Waals surface area contributed by atoms with Gasteiger partial charge in [-0.25, -0.2) is 0 Å². The van der Waals surface area contributed by atoms with Gasteiger partial charge in [-0.15, -0.1) is 0 Å². The molecule has 4 nitrogen and oxygen atoms in total. The van der Waals surface area contributed by atoms with E-state index in [1.807, 2.05) is 12.1 Å². The zero-order chi connectivity index (χ0) is 21.0. The Balaban J connectivity index is 2.50. The predicted molar refractivity (Wildman–Crippen MR) is 118 cm³/mol. The summed E-state index contributed by atoms with van der Waals surface area (Å²) in [5.41, 5.74) is 6.99. The fraction of sp³-hybridized carbons (Fsp3) is 0.750. The molecule has 2 atom stereocenters. The van der Waals surface area contributed by atoms with Crippen LogP contribution in [0.1, 0.15) is 78.2 Å². The number of benzene rings is 1. The molecule has 0 amide bonds. The Morgan fingerprint density at radius 3 is 2.43 bits per heavy atom. The van der Waals surface area contributed by atoms with E-state index in [-0.39, 0.29) is 12.5 Å². The maximum atomic E-state index is 9.76. The molecule has 28 heavy (non-hydrogen) atoms. The summed E-state index contributed by atoms with van der Waals surface area (Å²) in [6, 6.07) is 6.04. The molecule has 0 bridgehead atoms. The molecule has 0 aliphatic carbocycles. The van der Waals surface area contributed by atoms with Gasteiger partial charge in [0.15, 0.2) is 0 Å². The van der Waals surface area contributed by atoms with Gasteiger partial charge in [0.1, 0.15) is 11.5 Å². The first kappa shape index (κ1) is 24.8. The van der Waals surface area contributed by atoms with Crippen LogP contribution in [-0.4, -0.2) is 31.0 Å². The van der Waals surface area contributed by atoms with Gasteiger partial charge in [0.05, 0.1) is 20.3 Å². The first-order valence-corrected chi connectivity index (χ1v) is 11.1. The summed E-state index contributed by atoms with van der Waals surface area (Å²) in [6.45, 7) is 9.52. The first-order chi connectivity index (χ1) is 13.4. The van der Waals surface area contributed by atoms with Crippen molar-refractivity contribution in [1.29, 1.82) is 0 Å². The second-order valence-electron chi connectivity index (χ2n) is 8.62. The van der Waals surface area contributed by atoms with Crippen LogP contribution in [0.15, 0.2) is 18.2 Å². The highest BCUT2D eigenvalue weighted by Gasteiger charge is 2.30. The molecule has 0 radical (unpaired) electrons. The summed E-state index contributed by atoms with van der Waals surface area (Å²) < 4.78 is 11.5. The minimum Gasteiger partial charge on any atom is -0.496 e. The van der Waals surface area contributed by atoms with Crippen molar-refractivity contribution >= 4 is 0 Å². The third-order valence-electron chi connectivity index (χ3n) is 5.95. The minimum absolute atomic E-state index is 0.00266. The number of nitrogens with two attached hydrogens (primary N) is 1. The van der Waals surface area contributed by atoms with E-state index in [9.17, 15) is 5.11 Å². The van der Waals surface area contributed by atoms with Crippen LogP contribution in [0.2, 0.25) is 0 Å². The third kappa shape index (κ3) is 8.40. The normalized spacial score (nSPS) is 14.7. The largest absolute Gasteiger partial charge is 0.496 e. The number of aliphatic hydroxyl groups is 1. The molecule has 0 fully saturated rings. The molecule has 0 saturated carbocycles. The Hall–Kier alpha value is -1.26. The molecule has 3 N–H and O–H groups in total. The monoisotopic (exact) mass is 393 g/mol. The molecule has 0 aliphatic heterocycles. The fourth-order valence-corrected chi connectivity index (χ4v) is 3.47. The topological polar surface area (TPSA) is 64.7 Å². The Morgan fingerprint density at radius 1 is 1.11 bits per heavy atom. The van der Waals surface area contributed by atoms with E-state index in [4.69, 9.17) is 15.2 Å². The quantitative estimate of drug-likeness (QED) is 0.394. The summed E-state index contributed by atoms with van der Waals surface area (Å²) in [7, 11) is 1.69. The van der Waals surface area contributed by atoms with Crippen LogP contribution in [0.5, 0.6) is 11.5 Å². The van der Waals surface area contributed by atoms with Crippen molar-refractivity contribution < 1.29 is 14.6 Å². The standard InChI is InChI=1S/C24H43NO3/c1-6-20(4)24(25,18-26)15-14-21-12-13-22(17-23(21)27-5)28-16-10-8-7-9-11-19(2)3/h12-13,17,19-20,26H,6-11,14-16,18,25H2,1-5H3/t20?,24-/m1/s1. The van der Waals surface area contributed by atoms with E-state index >= 15 is 0 Å². The second kappa shape index (κ2) is 13.1. The first-order valence-electron chi connectivity index (χ1n) is 11.1. The molecule has 0 heterocycles. The lowest BCUT2D eigenvalue weighted by atomic mass is 9.80. The average molecular weight is 394 g/mol. The number of rotatable bonds is 15. The third-order valence-corrected chi connectivity index (χ3v) is 5.95. The van der Waals surface area contributed by atoms with Crippen LogP contribution in [-0.2, 0) is 6.42 Å². The van der Waals surface area contributed by atoms with Crippen LogP contribution in [0.3, 0.4) is 0 Å². The van der Waals surface area contributed by atoms with E-state index in [1.54, 1.807) is 7.11 Å². The highest BCUT2D eigenvalue weighted by Crippen LogP contribution is 2.29. The van der Waals surface area contributed by atoms with E-state index < -0.39 is 5.54 Å².